The Morgan fingerprint density at radius 1 is 0.829 bits per heavy atom. The van der Waals surface area contributed by atoms with Crippen LogP contribution in [0.1, 0.15) is 29.2 Å². The van der Waals surface area contributed by atoms with Crippen molar-refractivity contribution >= 4 is 35.3 Å². The van der Waals surface area contributed by atoms with Crippen molar-refractivity contribution in [2.75, 3.05) is 17.2 Å². The molecule has 35 heavy (non-hydrogen) atoms. The van der Waals surface area contributed by atoms with Gasteiger partial charge in [-0.05, 0) is 91.1 Å². The van der Waals surface area contributed by atoms with Gasteiger partial charge in [0.15, 0.2) is 6.61 Å². The average Bonchev–Trinajstić information content (AvgIpc) is 2.86. The first kappa shape index (κ1) is 25.2. The lowest BCUT2D eigenvalue weighted by Crippen LogP contribution is -2.32. The monoisotopic (exact) mass is 472 g/mol. The van der Waals surface area contributed by atoms with E-state index in [0.717, 1.165) is 28.8 Å². The predicted octanol–water partition coefficient (Wildman–Crippen LogP) is 3.97. The van der Waals surface area contributed by atoms with Crippen molar-refractivity contribution in [1.29, 1.82) is 0 Å². The van der Waals surface area contributed by atoms with Crippen LogP contribution in [0.15, 0.2) is 71.8 Å². The fourth-order valence-electron chi connectivity index (χ4n) is 3.04. The molecule has 0 aliphatic carbocycles. The Labute approximate surface area is 204 Å². The summed E-state index contributed by atoms with van der Waals surface area (Å²) in [7, 11) is 0. The third kappa shape index (κ3) is 7.82. The Morgan fingerprint density at radius 3 is 2.17 bits per heavy atom. The van der Waals surface area contributed by atoms with E-state index in [-0.39, 0.29) is 12.5 Å². The summed E-state index contributed by atoms with van der Waals surface area (Å²) in [6, 6.07) is 19.7. The summed E-state index contributed by atoms with van der Waals surface area (Å²) in [6.45, 7) is 5.90. The normalized spacial score (nSPS) is 10.6. The van der Waals surface area contributed by atoms with Crippen LogP contribution in [0.3, 0.4) is 0 Å². The number of rotatable bonds is 8. The molecule has 3 aromatic rings. The maximum Gasteiger partial charge on any atom is 0.329 e. The summed E-state index contributed by atoms with van der Waals surface area (Å²) < 4.78 is 5.51. The van der Waals surface area contributed by atoms with Gasteiger partial charge in [-0.15, -0.1) is 0 Å². The fourth-order valence-corrected chi connectivity index (χ4v) is 3.04. The molecule has 0 radical (unpaired) electrons. The van der Waals surface area contributed by atoms with E-state index in [1.165, 1.54) is 6.21 Å². The Morgan fingerprint density at radius 2 is 1.51 bits per heavy atom. The van der Waals surface area contributed by atoms with Gasteiger partial charge in [-0.25, -0.2) is 5.43 Å². The van der Waals surface area contributed by atoms with Crippen LogP contribution in [0.25, 0.3) is 0 Å². The highest BCUT2D eigenvalue weighted by Crippen LogP contribution is 2.15. The number of carbonyl (C=O) groups is 3. The zero-order valence-electron chi connectivity index (χ0n) is 19.9. The lowest BCUT2D eigenvalue weighted by molar-refractivity contribution is -0.136. The molecule has 0 aromatic heterocycles. The largest absolute Gasteiger partial charge is 0.484 e. The van der Waals surface area contributed by atoms with E-state index >= 15 is 0 Å². The number of hydrazone groups is 1. The highest BCUT2D eigenvalue weighted by molar-refractivity contribution is 6.39. The van der Waals surface area contributed by atoms with E-state index in [9.17, 15) is 14.4 Å². The second kappa shape index (κ2) is 12.1. The highest BCUT2D eigenvalue weighted by atomic mass is 16.5. The van der Waals surface area contributed by atoms with Gasteiger partial charge in [0.2, 0.25) is 0 Å². The van der Waals surface area contributed by atoms with Gasteiger partial charge in [0.05, 0.1) is 6.21 Å². The Hall–Kier alpha value is -4.46. The molecule has 8 nitrogen and oxygen atoms in total. The summed E-state index contributed by atoms with van der Waals surface area (Å²) >= 11 is 0. The second-order valence-corrected chi connectivity index (χ2v) is 7.91. The highest BCUT2D eigenvalue weighted by Gasteiger charge is 2.12. The third-order valence-electron chi connectivity index (χ3n) is 5.25. The molecule has 0 spiro atoms. The minimum Gasteiger partial charge on any atom is -0.484 e. The van der Waals surface area contributed by atoms with Crippen molar-refractivity contribution in [2.24, 2.45) is 5.10 Å². The number of amides is 3. The Balaban J connectivity index is 1.42. The standard InChI is InChI=1S/C27H28N4O4/c1-4-20-6-11-22(12-7-20)30-26(33)27(34)31-28-16-21-8-13-24(14-9-21)35-17-25(32)29-23-10-5-18(2)19(3)15-23/h5-16H,4,17H2,1-3H3,(H,29,32)(H,30,33)(H,31,34)/b28-16-. The van der Waals surface area contributed by atoms with E-state index in [0.29, 0.717) is 17.0 Å². The lowest BCUT2D eigenvalue weighted by atomic mass is 10.1. The molecule has 0 atom stereocenters. The van der Waals surface area contributed by atoms with Gasteiger partial charge in [0.25, 0.3) is 5.91 Å². The minimum atomic E-state index is -0.879. The van der Waals surface area contributed by atoms with Gasteiger partial charge in [-0.2, -0.15) is 5.10 Å². The predicted molar refractivity (Wildman–Crippen MR) is 137 cm³/mol. The number of anilines is 2. The van der Waals surface area contributed by atoms with Crippen LogP contribution in [-0.4, -0.2) is 30.5 Å². The number of hydrogen-bond acceptors (Lipinski definition) is 5. The first-order valence-electron chi connectivity index (χ1n) is 11.2. The molecule has 0 saturated heterocycles. The summed E-state index contributed by atoms with van der Waals surface area (Å²) in [4.78, 5) is 36.0. The number of nitrogens with zero attached hydrogens (tertiary/aromatic N) is 1. The van der Waals surface area contributed by atoms with Gasteiger partial charge in [0.1, 0.15) is 5.75 Å². The SMILES string of the molecule is CCc1ccc(NC(=O)C(=O)N/N=C\c2ccc(OCC(=O)Nc3ccc(C)c(C)c3)cc2)cc1. The van der Waals surface area contributed by atoms with Gasteiger partial charge in [0, 0.05) is 11.4 Å². The smallest absolute Gasteiger partial charge is 0.329 e. The minimum absolute atomic E-state index is 0.132. The Bertz CT molecular complexity index is 1220. The van der Waals surface area contributed by atoms with Crippen molar-refractivity contribution in [3.05, 3.63) is 89.0 Å². The molecule has 3 N–H and O–H groups in total. The van der Waals surface area contributed by atoms with Crippen LogP contribution >= 0.6 is 0 Å². The molecule has 0 aliphatic heterocycles. The molecule has 3 rings (SSSR count). The number of hydrogen-bond donors (Lipinski definition) is 3. The van der Waals surface area contributed by atoms with E-state index in [4.69, 9.17) is 4.74 Å². The first-order valence-corrected chi connectivity index (χ1v) is 11.2. The van der Waals surface area contributed by atoms with E-state index in [1.54, 1.807) is 36.4 Å². The molecule has 8 heteroatoms. The zero-order chi connectivity index (χ0) is 25.2. The van der Waals surface area contributed by atoms with Crippen molar-refractivity contribution in [3.63, 3.8) is 0 Å². The molecule has 0 aliphatic rings. The third-order valence-corrected chi connectivity index (χ3v) is 5.25. The van der Waals surface area contributed by atoms with Crippen LogP contribution < -0.4 is 20.8 Å². The zero-order valence-corrected chi connectivity index (χ0v) is 19.9. The van der Waals surface area contributed by atoms with Crippen molar-refractivity contribution in [3.8, 4) is 5.75 Å². The maximum atomic E-state index is 12.1. The molecule has 0 heterocycles. The van der Waals surface area contributed by atoms with Crippen LogP contribution in [0.2, 0.25) is 0 Å². The van der Waals surface area contributed by atoms with E-state index in [1.807, 2.05) is 51.1 Å². The molecular weight excluding hydrogens is 444 g/mol. The van der Waals surface area contributed by atoms with Crippen molar-refractivity contribution < 1.29 is 19.1 Å². The molecule has 3 aromatic carbocycles. The maximum absolute atomic E-state index is 12.1. The average molecular weight is 473 g/mol. The van der Waals surface area contributed by atoms with Crippen LogP contribution in [0.5, 0.6) is 5.75 Å². The molecular formula is C27H28N4O4. The molecule has 0 fully saturated rings. The van der Waals surface area contributed by atoms with Gasteiger partial charge in [-0.3, -0.25) is 14.4 Å². The van der Waals surface area contributed by atoms with E-state index in [2.05, 4.69) is 21.2 Å². The van der Waals surface area contributed by atoms with Crippen molar-refractivity contribution in [1.82, 2.24) is 5.43 Å². The number of ether oxygens (including phenoxy) is 1. The number of aryl methyl sites for hydroxylation is 3. The van der Waals surface area contributed by atoms with E-state index < -0.39 is 11.8 Å². The Kier molecular flexibility index (Phi) is 8.72. The molecule has 0 saturated carbocycles. The van der Waals surface area contributed by atoms with Gasteiger partial charge < -0.3 is 15.4 Å². The molecule has 180 valence electrons. The summed E-state index contributed by atoms with van der Waals surface area (Å²) in [5, 5.41) is 9.13. The van der Waals surface area contributed by atoms with Crippen LogP contribution in [-0.2, 0) is 20.8 Å². The summed E-state index contributed by atoms with van der Waals surface area (Å²) in [5.41, 5.74) is 7.51. The molecule has 0 bridgehead atoms. The molecule has 0 unspecified atom stereocenters. The second-order valence-electron chi connectivity index (χ2n) is 7.91. The van der Waals surface area contributed by atoms with Crippen LogP contribution in [0.4, 0.5) is 11.4 Å². The number of carbonyl (C=O) groups excluding carboxylic acids is 3. The quantitative estimate of drug-likeness (QED) is 0.262. The first-order chi connectivity index (χ1) is 16.8. The number of nitrogens with one attached hydrogen (secondary N) is 3. The van der Waals surface area contributed by atoms with Crippen molar-refractivity contribution in [2.45, 2.75) is 27.2 Å². The lowest BCUT2D eigenvalue weighted by Gasteiger charge is -2.09. The fraction of sp³-hybridized carbons (Fsp3) is 0.185. The summed E-state index contributed by atoms with van der Waals surface area (Å²) in [5.74, 6) is -1.44. The van der Waals surface area contributed by atoms with Gasteiger partial charge in [-0.1, -0.05) is 25.1 Å². The summed E-state index contributed by atoms with van der Waals surface area (Å²) in [6.07, 6.45) is 2.29. The topological polar surface area (TPSA) is 109 Å². The van der Waals surface area contributed by atoms with Crippen LogP contribution in [0, 0.1) is 13.8 Å². The van der Waals surface area contributed by atoms with Gasteiger partial charge >= 0.3 is 11.8 Å². The molecule has 3 amide bonds. The number of benzene rings is 3.